The molecule has 1 saturated carbocycles. The number of aromatic nitrogens is 2. The summed E-state index contributed by atoms with van der Waals surface area (Å²) in [6, 6.07) is 7.82. The zero-order valence-corrected chi connectivity index (χ0v) is 11.7. The summed E-state index contributed by atoms with van der Waals surface area (Å²) in [5.74, 6) is 2.12. The summed E-state index contributed by atoms with van der Waals surface area (Å²) in [6.45, 7) is 1.22. The van der Waals surface area contributed by atoms with E-state index in [2.05, 4.69) is 15.3 Å². The maximum Gasteiger partial charge on any atom is 0.256 e. The Kier molecular flexibility index (Phi) is 2.91. The summed E-state index contributed by atoms with van der Waals surface area (Å²) in [4.78, 5) is 19.7. The largest absolute Gasteiger partial charge is 0.487 e. The molecule has 0 atom stereocenters. The summed E-state index contributed by atoms with van der Waals surface area (Å²) in [5.41, 5.74) is 2.39. The normalized spacial score (nSPS) is 16.4. The van der Waals surface area contributed by atoms with Crippen molar-refractivity contribution in [1.29, 1.82) is 0 Å². The molecule has 5 nitrogen and oxygen atoms in total. The van der Waals surface area contributed by atoms with Gasteiger partial charge in [-0.1, -0.05) is 18.2 Å². The monoisotopic (exact) mass is 283 g/mol. The summed E-state index contributed by atoms with van der Waals surface area (Å²) in [7, 11) is 0. The molecule has 4 rings (SSSR count). The number of H-pyrrole nitrogens is 1. The van der Waals surface area contributed by atoms with Gasteiger partial charge < -0.3 is 10.1 Å². The van der Waals surface area contributed by atoms with Crippen molar-refractivity contribution in [2.24, 2.45) is 5.92 Å². The van der Waals surface area contributed by atoms with Crippen LogP contribution in [0.1, 0.15) is 29.7 Å². The van der Waals surface area contributed by atoms with Gasteiger partial charge in [-0.15, -0.1) is 0 Å². The first-order chi connectivity index (χ1) is 10.3. The van der Waals surface area contributed by atoms with Crippen molar-refractivity contribution in [3.05, 3.63) is 51.4 Å². The second-order valence-corrected chi connectivity index (χ2v) is 5.74. The molecule has 108 valence electrons. The van der Waals surface area contributed by atoms with Crippen LogP contribution in [0.5, 0.6) is 5.75 Å². The number of hydrogen-bond acceptors (Lipinski definition) is 4. The first kappa shape index (κ1) is 12.4. The van der Waals surface area contributed by atoms with Crippen molar-refractivity contribution in [3.8, 4) is 5.75 Å². The Labute approximate surface area is 122 Å². The van der Waals surface area contributed by atoms with E-state index in [1.807, 2.05) is 24.3 Å². The quantitative estimate of drug-likeness (QED) is 0.905. The third-order valence-corrected chi connectivity index (χ3v) is 4.06. The molecular weight excluding hydrogens is 266 g/mol. The predicted octanol–water partition coefficient (Wildman–Crippen LogP) is 2.08. The Hall–Kier alpha value is -2.30. The molecule has 0 unspecified atom stereocenters. The predicted molar refractivity (Wildman–Crippen MR) is 79.7 cm³/mol. The Morgan fingerprint density at radius 2 is 2.19 bits per heavy atom. The Balaban J connectivity index is 1.66. The minimum Gasteiger partial charge on any atom is -0.487 e. The highest BCUT2D eigenvalue weighted by Crippen LogP contribution is 2.29. The molecule has 1 aliphatic carbocycles. The molecule has 1 aliphatic heterocycles. The van der Waals surface area contributed by atoms with Crippen LogP contribution in [-0.2, 0) is 13.0 Å². The standard InChI is InChI=1S/C16H17N3O2/c20-15-12-7-11-3-1-2-4-14(11)21-9-13(12)18-16(19-15)17-8-10-5-6-10/h1-4,10H,5-9H2,(H2,17,18,19,20). The third-order valence-electron chi connectivity index (χ3n) is 4.06. The molecule has 2 N–H and O–H groups in total. The fourth-order valence-corrected chi connectivity index (χ4v) is 2.62. The van der Waals surface area contributed by atoms with Crippen LogP contribution in [0.25, 0.3) is 0 Å². The molecule has 21 heavy (non-hydrogen) atoms. The molecular formula is C16H17N3O2. The van der Waals surface area contributed by atoms with Gasteiger partial charge >= 0.3 is 0 Å². The van der Waals surface area contributed by atoms with E-state index in [1.165, 1.54) is 12.8 Å². The Bertz CT molecular complexity index is 735. The van der Waals surface area contributed by atoms with E-state index in [1.54, 1.807) is 0 Å². The van der Waals surface area contributed by atoms with Gasteiger partial charge in [0.05, 0.1) is 5.69 Å². The number of anilines is 1. The van der Waals surface area contributed by atoms with E-state index in [0.717, 1.165) is 29.5 Å². The van der Waals surface area contributed by atoms with E-state index in [-0.39, 0.29) is 5.56 Å². The number of fused-ring (bicyclic) bond motifs is 2. The molecule has 0 amide bonds. The molecule has 0 spiro atoms. The lowest BCUT2D eigenvalue weighted by Gasteiger charge is -2.08. The van der Waals surface area contributed by atoms with E-state index in [9.17, 15) is 4.79 Å². The second-order valence-electron chi connectivity index (χ2n) is 5.74. The zero-order chi connectivity index (χ0) is 14.2. The second kappa shape index (κ2) is 4.91. The van der Waals surface area contributed by atoms with E-state index >= 15 is 0 Å². The van der Waals surface area contributed by atoms with E-state index in [4.69, 9.17) is 4.74 Å². The summed E-state index contributed by atoms with van der Waals surface area (Å²) < 4.78 is 5.78. The highest BCUT2D eigenvalue weighted by Gasteiger charge is 2.22. The van der Waals surface area contributed by atoms with E-state index < -0.39 is 0 Å². The van der Waals surface area contributed by atoms with Gasteiger partial charge in [-0.25, -0.2) is 4.98 Å². The minimum atomic E-state index is -0.0707. The third kappa shape index (κ3) is 2.51. The van der Waals surface area contributed by atoms with Crippen LogP contribution in [0.15, 0.2) is 29.1 Å². The van der Waals surface area contributed by atoms with Gasteiger partial charge in [-0.05, 0) is 30.4 Å². The number of ether oxygens (including phenoxy) is 1. The van der Waals surface area contributed by atoms with Crippen molar-refractivity contribution in [2.75, 3.05) is 11.9 Å². The number of nitrogens with zero attached hydrogens (tertiary/aromatic N) is 1. The molecule has 1 aromatic heterocycles. The molecule has 0 bridgehead atoms. The maximum atomic E-state index is 12.3. The lowest BCUT2D eigenvalue weighted by Crippen LogP contribution is -2.21. The smallest absolute Gasteiger partial charge is 0.256 e. The van der Waals surface area contributed by atoms with Gasteiger partial charge in [-0.3, -0.25) is 9.78 Å². The number of rotatable bonds is 3. The average molecular weight is 283 g/mol. The number of nitrogens with one attached hydrogen (secondary N) is 2. The molecule has 5 heteroatoms. The fourth-order valence-electron chi connectivity index (χ4n) is 2.62. The summed E-state index contributed by atoms with van der Waals surface area (Å²) in [6.07, 6.45) is 3.10. The number of benzene rings is 1. The first-order valence-corrected chi connectivity index (χ1v) is 7.36. The van der Waals surface area contributed by atoms with Crippen LogP contribution in [0, 0.1) is 5.92 Å². The topological polar surface area (TPSA) is 67.0 Å². The summed E-state index contributed by atoms with van der Waals surface area (Å²) in [5, 5.41) is 3.22. The van der Waals surface area contributed by atoms with E-state index in [0.29, 0.717) is 24.5 Å². The zero-order valence-electron chi connectivity index (χ0n) is 11.7. The lowest BCUT2D eigenvalue weighted by molar-refractivity contribution is 0.302. The SMILES string of the molecule is O=c1[nH]c(NCC2CC2)nc2c1Cc1ccccc1OC2. The minimum absolute atomic E-state index is 0.0707. The van der Waals surface area contributed by atoms with Gasteiger partial charge in [-0.2, -0.15) is 0 Å². The number of para-hydroxylation sites is 1. The lowest BCUT2D eigenvalue weighted by atomic mass is 10.1. The summed E-state index contributed by atoms with van der Waals surface area (Å²) >= 11 is 0. The molecule has 2 aromatic rings. The van der Waals surface area contributed by atoms with Crippen LogP contribution < -0.4 is 15.6 Å². The van der Waals surface area contributed by atoms with Crippen molar-refractivity contribution >= 4 is 5.95 Å². The van der Waals surface area contributed by atoms with Crippen molar-refractivity contribution in [1.82, 2.24) is 9.97 Å². The number of aromatic amines is 1. The van der Waals surface area contributed by atoms with Gasteiger partial charge in [0.1, 0.15) is 12.4 Å². The van der Waals surface area contributed by atoms with Gasteiger partial charge in [0.2, 0.25) is 5.95 Å². The first-order valence-electron chi connectivity index (χ1n) is 7.36. The van der Waals surface area contributed by atoms with Crippen LogP contribution in [0.2, 0.25) is 0 Å². The average Bonchev–Trinajstić information content (AvgIpc) is 3.31. The highest BCUT2D eigenvalue weighted by molar-refractivity contribution is 5.41. The highest BCUT2D eigenvalue weighted by atomic mass is 16.5. The van der Waals surface area contributed by atoms with Crippen LogP contribution in [0.4, 0.5) is 5.95 Å². The van der Waals surface area contributed by atoms with Crippen LogP contribution >= 0.6 is 0 Å². The van der Waals surface area contributed by atoms with Crippen LogP contribution in [-0.4, -0.2) is 16.5 Å². The number of hydrogen-bond donors (Lipinski definition) is 2. The van der Waals surface area contributed by atoms with Gasteiger partial charge in [0, 0.05) is 18.5 Å². The molecule has 1 fully saturated rings. The Morgan fingerprint density at radius 1 is 1.33 bits per heavy atom. The van der Waals surface area contributed by atoms with Gasteiger partial charge in [0.25, 0.3) is 5.56 Å². The molecule has 1 aromatic carbocycles. The van der Waals surface area contributed by atoms with Crippen molar-refractivity contribution in [3.63, 3.8) is 0 Å². The van der Waals surface area contributed by atoms with Crippen molar-refractivity contribution < 1.29 is 4.74 Å². The van der Waals surface area contributed by atoms with Crippen LogP contribution in [0.3, 0.4) is 0 Å². The fraction of sp³-hybridized carbons (Fsp3) is 0.375. The maximum absolute atomic E-state index is 12.3. The van der Waals surface area contributed by atoms with Gasteiger partial charge in [0.15, 0.2) is 0 Å². The molecule has 0 radical (unpaired) electrons. The molecule has 2 heterocycles. The Morgan fingerprint density at radius 3 is 3.05 bits per heavy atom. The van der Waals surface area contributed by atoms with Crippen molar-refractivity contribution in [2.45, 2.75) is 25.9 Å². The molecule has 2 aliphatic rings. The molecule has 0 saturated heterocycles.